The van der Waals surface area contributed by atoms with Crippen molar-refractivity contribution in [2.75, 3.05) is 0 Å². The molecule has 0 unspecified atom stereocenters. The third kappa shape index (κ3) is 2.36. The summed E-state index contributed by atoms with van der Waals surface area (Å²) >= 11 is 7.25. The number of allylic oxidation sites excluding steroid dienone is 2. The van der Waals surface area contributed by atoms with Gasteiger partial charge in [0.05, 0.1) is 5.02 Å². The Kier molecular flexibility index (Phi) is 2.89. The number of hydrogen-bond donors (Lipinski definition) is 0. The highest BCUT2D eigenvalue weighted by molar-refractivity contribution is 8.03. The first-order valence-corrected chi connectivity index (χ1v) is 5.46. The van der Waals surface area contributed by atoms with E-state index >= 15 is 0 Å². The van der Waals surface area contributed by atoms with Crippen LogP contribution < -0.4 is 0 Å². The summed E-state index contributed by atoms with van der Waals surface area (Å²) < 4.78 is 0. The van der Waals surface area contributed by atoms with E-state index < -0.39 is 0 Å². The van der Waals surface area contributed by atoms with Gasteiger partial charge in [-0.15, -0.1) is 0 Å². The molecule has 0 saturated heterocycles. The normalized spacial score (nSPS) is 15.8. The van der Waals surface area contributed by atoms with Gasteiger partial charge in [-0.1, -0.05) is 23.4 Å². The van der Waals surface area contributed by atoms with E-state index in [9.17, 15) is 4.79 Å². The molecule has 0 atom stereocenters. The molecule has 0 aromatic carbocycles. The molecule has 1 aromatic rings. The molecule has 72 valence electrons. The monoisotopic (exact) mass is 225 g/mol. The predicted molar refractivity (Wildman–Crippen MR) is 57.4 cm³/mol. The fraction of sp³-hybridized carbons (Fsp3) is 0.200. The molecule has 2 rings (SSSR count). The highest BCUT2D eigenvalue weighted by atomic mass is 35.5. The molecule has 0 fully saturated rings. The zero-order chi connectivity index (χ0) is 9.97. The summed E-state index contributed by atoms with van der Waals surface area (Å²) in [5, 5.41) is 1.51. The molecule has 0 radical (unpaired) electrons. The van der Waals surface area contributed by atoms with Gasteiger partial charge in [0.1, 0.15) is 5.03 Å². The second-order valence-electron chi connectivity index (χ2n) is 2.99. The van der Waals surface area contributed by atoms with Crippen molar-refractivity contribution in [1.82, 2.24) is 4.98 Å². The Morgan fingerprint density at radius 1 is 1.36 bits per heavy atom. The zero-order valence-corrected chi connectivity index (χ0v) is 8.94. The maximum absolute atomic E-state index is 11.0. The Labute approximate surface area is 91.4 Å². The van der Waals surface area contributed by atoms with Gasteiger partial charge in [-0.25, -0.2) is 4.98 Å². The van der Waals surface area contributed by atoms with E-state index in [0.29, 0.717) is 11.4 Å². The Bertz CT molecular complexity index is 386. The lowest BCUT2D eigenvalue weighted by atomic mass is 10.3. The van der Waals surface area contributed by atoms with Crippen molar-refractivity contribution in [3.8, 4) is 0 Å². The first-order chi connectivity index (χ1) is 6.74. The van der Waals surface area contributed by atoms with Crippen LogP contribution >= 0.6 is 23.4 Å². The SMILES string of the molecule is O=C1C=C(Sc2ccc(Cl)cn2)CC1. The lowest BCUT2D eigenvalue weighted by molar-refractivity contribution is -0.114. The van der Waals surface area contributed by atoms with E-state index in [2.05, 4.69) is 4.98 Å². The van der Waals surface area contributed by atoms with Crippen molar-refractivity contribution >= 4 is 29.1 Å². The van der Waals surface area contributed by atoms with Crippen LogP contribution in [0.4, 0.5) is 0 Å². The van der Waals surface area contributed by atoms with Gasteiger partial charge < -0.3 is 0 Å². The Morgan fingerprint density at radius 3 is 2.79 bits per heavy atom. The fourth-order valence-electron chi connectivity index (χ4n) is 1.21. The molecule has 1 aliphatic rings. The summed E-state index contributed by atoms with van der Waals surface area (Å²) in [4.78, 5) is 16.2. The Morgan fingerprint density at radius 2 is 2.21 bits per heavy atom. The van der Waals surface area contributed by atoms with E-state index in [4.69, 9.17) is 11.6 Å². The van der Waals surface area contributed by atoms with Crippen LogP contribution in [0.2, 0.25) is 5.02 Å². The minimum Gasteiger partial charge on any atom is -0.295 e. The zero-order valence-electron chi connectivity index (χ0n) is 7.37. The van der Waals surface area contributed by atoms with Gasteiger partial charge >= 0.3 is 0 Å². The average molecular weight is 226 g/mol. The summed E-state index contributed by atoms with van der Waals surface area (Å²) in [6.07, 6.45) is 4.78. The number of rotatable bonds is 2. The maximum Gasteiger partial charge on any atom is 0.156 e. The first-order valence-electron chi connectivity index (χ1n) is 4.27. The largest absolute Gasteiger partial charge is 0.295 e. The molecular formula is C10H8ClNOS. The Hall–Kier alpha value is -0.800. The van der Waals surface area contributed by atoms with Crippen LogP contribution in [0.1, 0.15) is 12.8 Å². The molecule has 2 nitrogen and oxygen atoms in total. The van der Waals surface area contributed by atoms with Crippen LogP contribution in [0.5, 0.6) is 0 Å². The third-order valence-electron chi connectivity index (χ3n) is 1.88. The smallest absolute Gasteiger partial charge is 0.156 e. The molecule has 0 saturated carbocycles. The lowest BCUT2D eigenvalue weighted by Crippen LogP contribution is -1.80. The van der Waals surface area contributed by atoms with Crippen molar-refractivity contribution in [3.05, 3.63) is 34.3 Å². The van der Waals surface area contributed by atoms with Gasteiger partial charge in [0.15, 0.2) is 5.78 Å². The predicted octanol–water partition coefficient (Wildman–Crippen LogP) is 3.07. The number of hydrogen-bond acceptors (Lipinski definition) is 3. The van der Waals surface area contributed by atoms with E-state index in [1.807, 2.05) is 6.07 Å². The molecule has 0 aliphatic heterocycles. The molecule has 0 N–H and O–H groups in total. The number of nitrogens with zero attached hydrogens (tertiary/aromatic N) is 1. The van der Waals surface area contributed by atoms with E-state index in [-0.39, 0.29) is 5.78 Å². The highest BCUT2D eigenvalue weighted by Crippen LogP contribution is 2.32. The standard InChI is InChI=1S/C10H8ClNOS/c11-7-1-4-10(12-6-7)14-9-3-2-8(13)5-9/h1,4-6H,2-3H2. The molecule has 14 heavy (non-hydrogen) atoms. The van der Waals surface area contributed by atoms with Crippen LogP contribution in [-0.4, -0.2) is 10.8 Å². The topological polar surface area (TPSA) is 30.0 Å². The molecule has 4 heteroatoms. The number of carbonyl (C=O) groups is 1. The van der Waals surface area contributed by atoms with E-state index in [1.165, 1.54) is 11.8 Å². The van der Waals surface area contributed by atoms with Crippen molar-refractivity contribution in [3.63, 3.8) is 0 Å². The molecule has 1 heterocycles. The van der Waals surface area contributed by atoms with Crippen molar-refractivity contribution in [1.29, 1.82) is 0 Å². The summed E-state index contributed by atoms with van der Waals surface area (Å²) in [5.74, 6) is 0.210. The van der Waals surface area contributed by atoms with Crippen LogP contribution in [0.15, 0.2) is 34.3 Å². The summed E-state index contributed by atoms with van der Waals surface area (Å²) in [7, 11) is 0. The lowest BCUT2D eigenvalue weighted by Gasteiger charge is -1.99. The molecule has 0 spiro atoms. The summed E-state index contributed by atoms with van der Waals surface area (Å²) in [6, 6.07) is 3.66. The van der Waals surface area contributed by atoms with Crippen LogP contribution in [0.25, 0.3) is 0 Å². The molecule has 1 aromatic heterocycles. The third-order valence-corrected chi connectivity index (χ3v) is 3.13. The summed E-state index contributed by atoms with van der Waals surface area (Å²) in [6.45, 7) is 0. The number of carbonyl (C=O) groups excluding carboxylic acids is 1. The molecule has 0 bridgehead atoms. The van der Waals surface area contributed by atoms with Crippen molar-refractivity contribution in [2.45, 2.75) is 17.9 Å². The van der Waals surface area contributed by atoms with E-state index in [1.54, 1.807) is 18.3 Å². The number of thioether (sulfide) groups is 1. The first kappa shape index (κ1) is 9.74. The van der Waals surface area contributed by atoms with Gasteiger partial charge in [-0.05, 0) is 29.5 Å². The number of pyridine rings is 1. The van der Waals surface area contributed by atoms with Gasteiger partial charge in [0, 0.05) is 12.6 Å². The average Bonchev–Trinajstić information content (AvgIpc) is 2.56. The van der Waals surface area contributed by atoms with Gasteiger partial charge in [-0.2, -0.15) is 0 Å². The van der Waals surface area contributed by atoms with Gasteiger partial charge in [0.2, 0.25) is 0 Å². The van der Waals surface area contributed by atoms with Crippen LogP contribution in [-0.2, 0) is 4.79 Å². The number of ketones is 1. The quantitative estimate of drug-likeness (QED) is 0.775. The van der Waals surface area contributed by atoms with Gasteiger partial charge in [-0.3, -0.25) is 4.79 Å². The van der Waals surface area contributed by atoms with Crippen molar-refractivity contribution < 1.29 is 4.79 Å². The summed E-state index contributed by atoms with van der Waals surface area (Å²) in [5.41, 5.74) is 0. The van der Waals surface area contributed by atoms with E-state index in [0.717, 1.165) is 16.4 Å². The Balaban J connectivity index is 2.08. The van der Waals surface area contributed by atoms with Crippen LogP contribution in [0, 0.1) is 0 Å². The minimum atomic E-state index is 0.210. The number of halogens is 1. The molecule has 1 aliphatic carbocycles. The van der Waals surface area contributed by atoms with Crippen molar-refractivity contribution in [2.24, 2.45) is 0 Å². The van der Waals surface area contributed by atoms with Crippen LogP contribution in [0.3, 0.4) is 0 Å². The number of aromatic nitrogens is 1. The maximum atomic E-state index is 11.0. The molecule has 0 amide bonds. The highest BCUT2D eigenvalue weighted by Gasteiger charge is 2.13. The second-order valence-corrected chi connectivity index (χ2v) is 4.58. The van der Waals surface area contributed by atoms with Gasteiger partial charge in [0.25, 0.3) is 0 Å². The second kappa shape index (κ2) is 4.15. The molecular weight excluding hydrogens is 218 g/mol. The fourth-order valence-corrected chi connectivity index (χ4v) is 2.22. The minimum absolute atomic E-state index is 0.210.